The molecule has 0 radical (unpaired) electrons. The molecule has 0 unspecified atom stereocenters. The van der Waals surface area contributed by atoms with Gasteiger partial charge in [-0.2, -0.15) is 10.4 Å². The molecule has 0 atom stereocenters. The Morgan fingerprint density at radius 1 is 1.08 bits per heavy atom. The number of nitrogens with zero attached hydrogens (tertiary/aromatic N) is 6. The van der Waals surface area contributed by atoms with Crippen molar-refractivity contribution in [3.8, 4) is 17.2 Å². The zero-order valence-electron chi connectivity index (χ0n) is 28.9. The number of likely N-dealkylation sites (tertiary alicyclic amines) is 1. The number of anilines is 1. The van der Waals surface area contributed by atoms with Gasteiger partial charge in [0.1, 0.15) is 17.7 Å². The highest BCUT2D eigenvalue weighted by Gasteiger charge is 2.35. The highest BCUT2D eigenvalue weighted by atomic mass is 16.6. The first-order valence-electron chi connectivity index (χ1n) is 17.5. The summed E-state index contributed by atoms with van der Waals surface area (Å²) in [5.41, 5.74) is 3.54. The molecule has 10 heteroatoms. The summed E-state index contributed by atoms with van der Waals surface area (Å²) in [6.45, 7) is 12.4. The lowest BCUT2D eigenvalue weighted by Crippen LogP contribution is -2.45. The van der Waals surface area contributed by atoms with Gasteiger partial charge in [-0.25, -0.2) is 9.78 Å². The highest BCUT2D eigenvalue weighted by molar-refractivity contribution is 5.94. The van der Waals surface area contributed by atoms with Gasteiger partial charge in [-0.05, 0) is 114 Å². The molecule has 2 amide bonds. The molecule has 0 N–H and O–H groups in total. The van der Waals surface area contributed by atoms with E-state index < -0.39 is 0 Å². The van der Waals surface area contributed by atoms with Gasteiger partial charge in [-0.15, -0.1) is 0 Å². The van der Waals surface area contributed by atoms with Crippen LogP contribution >= 0.6 is 0 Å². The van der Waals surface area contributed by atoms with Crippen molar-refractivity contribution < 1.29 is 19.1 Å². The van der Waals surface area contributed by atoms with E-state index >= 15 is 0 Å². The van der Waals surface area contributed by atoms with Gasteiger partial charge >= 0.3 is 6.09 Å². The first-order chi connectivity index (χ1) is 23.2. The number of nitriles is 1. The van der Waals surface area contributed by atoms with Crippen LogP contribution < -0.4 is 4.90 Å². The summed E-state index contributed by atoms with van der Waals surface area (Å²) in [6, 6.07) is 6.37. The molecule has 2 aromatic heterocycles. The lowest BCUT2D eigenvalue weighted by Gasteiger charge is -2.36. The maximum atomic E-state index is 14.3. The van der Waals surface area contributed by atoms with Crippen molar-refractivity contribution in [2.45, 2.75) is 90.7 Å². The number of carbonyl (C=O) groups is 2. The van der Waals surface area contributed by atoms with Gasteiger partial charge in [-0.3, -0.25) is 14.4 Å². The minimum atomic E-state index is -0.221. The van der Waals surface area contributed by atoms with Gasteiger partial charge in [0.2, 0.25) is 5.91 Å². The van der Waals surface area contributed by atoms with E-state index in [9.17, 15) is 14.9 Å². The van der Waals surface area contributed by atoms with Gasteiger partial charge < -0.3 is 14.4 Å². The Morgan fingerprint density at radius 3 is 2.40 bits per heavy atom. The fourth-order valence-corrected chi connectivity index (χ4v) is 6.87. The fraction of sp³-hybridized carbons (Fsp3) is 0.553. The maximum absolute atomic E-state index is 14.3. The molecule has 3 fully saturated rings. The fourth-order valence-electron chi connectivity index (χ4n) is 6.87. The van der Waals surface area contributed by atoms with E-state index in [-0.39, 0.29) is 30.1 Å². The Balaban J connectivity index is 1.27. The minimum absolute atomic E-state index is 0.103. The molecule has 2 aromatic rings. The van der Waals surface area contributed by atoms with Gasteiger partial charge in [-0.1, -0.05) is 18.2 Å². The number of pyridine rings is 1. The second-order valence-electron chi connectivity index (χ2n) is 13.8. The minimum Gasteiger partial charge on any atom is -0.496 e. The van der Waals surface area contributed by atoms with Crippen molar-refractivity contribution in [3.63, 3.8) is 0 Å². The lowest BCUT2D eigenvalue weighted by atomic mass is 9.78. The number of methoxy groups -OCH3 is 1. The largest absolute Gasteiger partial charge is 0.496 e. The second kappa shape index (κ2) is 16.1. The number of rotatable bonds is 11. The van der Waals surface area contributed by atoms with E-state index in [1.807, 2.05) is 46.3 Å². The van der Waals surface area contributed by atoms with Gasteiger partial charge in [0, 0.05) is 49.6 Å². The van der Waals surface area contributed by atoms with Crippen molar-refractivity contribution >= 4 is 17.8 Å². The number of carbonyl (C=O) groups excluding carboxylic acids is 2. The molecule has 2 saturated carbocycles. The van der Waals surface area contributed by atoms with Crippen LogP contribution in [0.3, 0.4) is 0 Å². The Morgan fingerprint density at radius 2 is 1.79 bits per heavy atom. The third-order valence-electron chi connectivity index (χ3n) is 10.2. The van der Waals surface area contributed by atoms with E-state index in [1.165, 1.54) is 0 Å². The highest BCUT2D eigenvalue weighted by Crippen LogP contribution is 2.36. The smallest absolute Gasteiger partial charge is 0.410 e. The molecule has 5 rings (SSSR count). The van der Waals surface area contributed by atoms with E-state index in [0.29, 0.717) is 61.2 Å². The molecule has 2 aliphatic carbocycles. The number of allylic oxidation sites excluding steroid dienone is 4. The first-order valence-corrected chi connectivity index (χ1v) is 17.5. The van der Waals surface area contributed by atoms with Crippen LogP contribution in [0.15, 0.2) is 66.4 Å². The van der Waals surface area contributed by atoms with Crippen molar-refractivity contribution in [1.29, 1.82) is 5.26 Å². The van der Waals surface area contributed by atoms with Crippen molar-refractivity contribution in [3.05, 3.63) is 66.4 Å². The summed E-state index contributed by atoms with van der Waals surface area (Å²) in [7, 11) is 1.57. The molecule has 3 aliphatic rings. The average molecular weight is 655 g/mol. The summed E-state index contributed by atoms with van der Waals surface area (Å²) in [5, 5.41) is 13.7. The van der Waals surface area contributed by atoms with Crippen LogP contribution in [0.5, 0.6) is 0 Å². The zero-order valence-corrected chi connectivity index (χ0v) is 28.9. The standard InChI is InChI=1S/C38H50N6O4/c1-26(2)44-25-33(23-41-44)32-17-18-40-36(21-32)43(37(45)31-12-14-34(15-13-31)48-38(46)42-19-6-20-42)24-29-8-10-30(11-9-29)27(3)7-16-35(47-5)28(4)22-39/h7,16-18,21,23,25-26,29-31,34H,3,6,8-15,19-20,24H2,1-2,4-5H3/b16-7-,35-28-/t29-,30-,31-,34-. The van der Waals surface area contributed by atoms with Gasteiger partial charge in [0.05, 0.1) is 24.9 Å². The molecule has 48 heavy (non-hydrogen) atoms. The van der Waals surface area contributed by atoms with Gasteiger partial charge in [0.15, 0.2) is 0 Å². The maximum Gasteiger partial charge on any atom is 0.410 e. The molecule has 0 spiro atoms. The predicted molar refractivity (Wildman–Crippen MR) is 186 cm³/mol. The number of amides is 2. The molecule has 3 heterocycles. The van der Waals surface area contributed by atoms with Crippen molar-refractivity contribution in [2.24, 2.45) is 17.8 Å². The quantitative estimate of drug-likeness (QED) is 0.139. The van der Waals surface area contributed by atoms with Crippen LogP contribution in [-0.2, 0) is 14.3 Å². The van der Waals surface area contributed by atoms with E-state index in [0.717, 1.165) is 61.9 Å². The molecule has 0 bridgehead atoms. The molecule has 10 nitrogen and oxygen atoms in total. The molecule has 1 saturated heterocycles. The summed E-state index contributed by atoms with van der Waals surface area (Å²) >= 11 is 0. The number of hydrogen-bond donors (Lipinski definition) is 0. The van der Waals surface area contributed by atoms with E-state index in [2.05, 4.69) is 31.6 Å². The second-order valence-corrected chi connectivity index (χ2v) is 13.8. The Bertz CT molecular complexity index is 1550. The molecular formula is C38H50N6O4. The molecule has 1 aliphatic heterocycles. The van der Waals surface area contributed by atoms with Gasteiger partial charge in [0.25, 0.3) is 0 Å². The summed E-state index contributed by atoms with van der Waals surface area (Å²) in [6.07, 6.45) is 16.8. The van der Waals surface area contributed by atoms with Crippen LogP contribution in [0.4, 0.5) is 10.6 Å². The molecule has 0 aromatic carbocycles. The first kappa shape index (κ1) is 34.9. The Kier molecular flexibility index (Phi) is 11.7. The van der Waals surface area contributed by atoms with Crippen LogP contribution in [0, 0.1) is 29.1 Å². The summed E-state index contributed by atoms with van der Waals surface area (Å²) < 4.78 is 13.1. The molecular weight excluding hydrogens is 604 g/mol. The Hall–Kier alpha value is -4.39. The monoisotopic (exact) mass is 654 g/mol. The number of aromatic nitrogens is 3. The van der Waals surface area contributed by atoms with Crippen LogP contribution in [0.1, 0.15) is 84.6 Å². The van der Waals surface area contributed by atoms with E-state index in [1.54, 1.807) is 25.1 Å². The zero-order chi connectivity index (χ0) is 34.2. The van der Waals surface area contributed by atoms with Crippen LogP contribution in [0.25, 0.3) is 11.1 Å². The topological polar surface area (TPSA) is 114 Å². The predicted octanol–water partition coefficient (Wildman–Crippen LogP) is 7.62. The Labute approximate surface area is 285 Å². The van der Waals surface area contributed by atoms with Crippen molar-refractivity contribution in [1.82, 2.24) is 19.7 Å². The van der Waals surface area contributed by atoms with Crippen LogP contribution in [-0.4, -0.2) is 64.5 Å². The normalized spacial score (nSPS) is 23.2. The summed E-state index contributed by atoms with van der Waals surface area (Å²) in [5.74, 6) is 1.86. The summed E-state index contributed by atoms with van der Waals surface area (Å²) in [4.78, 5) is 35.1. The SMILES string of the molecule is C=C(/C=C\C(OC)=C(/C)C#N)[C@H]1CC[C@H](CN(c2cc(-c3cnn(C(C)C)c3)ccn2)C(=O)[C@H]2CC[C@H](OC(=O)N3CCC3)CC2)CC1. The number of hydrogen-bond acceptors (Lipinski definition) is 7. The third kappa shape index (κ3) is 8.55. The van der Waals surface area contributed by atoms with Crippen molar-refractivity contribution in [2.75, 3.05) is 31.6 Å². The third-order valence-corrected chi connectivity index (χ3v) is 10.2. The number of ether oxygens (including phenoxy) is 2. The van der Waals surface area contributed by atoms with E-state index in [4.69, 9.17) is 14.5 Å². The lowest BCUT2D eigenvalue weighted by molar-refractivity contribution is -0.124. The average Bonchev–Trinajstić information content (AvgIpc) is 3.58. The molecule has 256 valence electrons. The van der Waals surface area contributed by atoms with Crippen LogP contribution in [0.2, 0.25) is 0 Å².